The molecule has 2 amide bonds. The van der Waals surface area contributed by atoms with Gasteiger partial charge in [-0.3, -0.25) is 9.59 Å². The van der Waals surface area contributed by atoms with Crippen LogP contribution >= 0.6 is 0 Å². The molecule has 0 saturated heterocycles. The number of phenolic OH excluding ortho intramolecular Hbond substituents is 1. The predicted octanol–water partition coefficient (Wildman–Crippen LogP) is 1.45. The van der Waals surface area contributed by atoms with Gasteiger partial charge in [0.05, 0.1) is 0 Å². The highest BCUT2D eigenvalue weighted by molar-refractivity contribution is 5.83. The van der Waals surface area contributed by atoms with Crippen LogP contribution in [-0.4, -0.2) is 51.2 Å². The van der Waals surface area contributed by atoms with Crippen molar-refractivity contribution < 1.29 is 39.2 Å². The largest absolute Gasteiger partial charge is 0.504 e. The Hall–Kier alpha value is -4.08. The molecule has 0 fully saturated rings. The van der Waals surface area contributed by atoms with Crippen LogP contribution in [0.5, 0.6) is 17.2 Å². The maximum absolute atomic E-state index is 11.3. The van der Waals surface area contributed by atoms with Crippen LogP contribution in [0.4, 0.5) is 0 Å². The smallest absolute Gasteiger partial charge is 0.326 e. The first-order chi connectivity index (χ1) is 15.0. The van der Waals surface area contributed by atoms with Gasteiger partial charge in [-0.2, -0.15) is 0 Å². The summed E-state index contributed by atoms with van der Waals surface area (Å²) in [5, 5.41) is 33.3. The van der Waals surface area contributed by atoms with Crippen molar-refractivity contribution in [3.8, 4) is 17.2 Å². The van der Waals surface area contributed by atoms with Crippen LogP contribution in [0.25, 0.3) is 0 Å². The van der Waals surface area contributed by atoms with Crippen molar-refractivity contribution in [3.05, 3.63) is 53.6 Å². The van der Waals surface area contributed by atoms with Crippen LogP contribution in [0.15, 0.2) is 42.5 Å². The summed E-state index contributed by atoms with van der Waals surface area (Å²) >= 11 is 0. The molecule has 0 radical (unpaired) electrons. The molecule has 10 heteroatoms. The van der Waals surface area contributed by atoms with Gasteiger partial charge in [-0.05, 0) is 35.4 Å². The van der Waals surface area contributed by atoms with E-state index in [1.807, 2.05) is 0 Å². The molecule has 0 spiro atoms. The van der Waals surface area contributed by atoms with Gasteiger partial charge in [0.15, 0.2) is 11.5 Å². The lowest BCUT2D eigenvalue weighted by atomic mass is 10.0. The number of carboxylic acids is 2. The number of nitrogens with one attached hydrogen (secondary N) is 2. The fourth-order valence-electron chi connectivity index (χ4n) is 2.95. The van der Waals surface area contributed by atoms with E-state index < -0.39 is 35.8 Å². The summed E-state index contributed by atoms with van der Waals surface area (Å²) in [6.07, 6.45) is 0.0693. The molecule has 0 aliphatic heterocycles. The van der Waals surface area contributed by atoms with Gasteiger partial charge >= 0.3 is 11.9 Å². The highest BCUT2D eigenvalue weighted by atomic mass is 16.5. The molecule has 0 saturated carbocycles. The monoisotopic (exact) mass is 444 g/mol. The van der Waals surface area contributed by atoms with E-state index in [-0.39, 0.29) is 24.3 Å². The minimum absolute atomic E-state index is 0.00971. The number of carbonyl (C=O) groups is 4. The molecule has 5 N–H and O–H groups in total. The fourth-order valence-corrected chi connectivity index (χ4v) is 2.95. The van der Waals surface area contributed by atoms with Crippen LogP contribution in [-0.2, 0) is 32.0 Å². The van der Waals surface area contributed by atoms with E-state index in [1.54, 1.807) is 24.3 Å². The third-order valence-corrected chi connectivity index (χ3v) is 4.41. The summed E-state index contributed by atoms with van der Waals surface area (Å²) in [5.41, 5.74) is 1.17. The number of aromatic hydroxyl groups is 1. The number of aliphatic carboxylic acids is 2. The first kappa shape index (κ1) is 24.2. The molecule has 0 aliphatic rings. The molecule has 2 aromatic rings. The zero-order chi connectivity index (χ0) is 23.8. The number of carbonyl (C=O) groups excluding carboxylic acids is 2. The third-order valence-electron chi connectivity index (χ3n) is 4.41. The number of carboxylic acid groups (broad SMARTS) is 2. The summed E-state index contributed by atoms with van der Waals surface area (Å²) < 4.78 is 5.67. The zero-order valence-electron chi connectivity index (χ0n) is 17.5. The number of rotatable bonds is 10. The standard InChI is InChI=1S/C22H24N2O8/c1-12(25)23-17(21(28)29)9-14-3-6-16(7-4-14)32-20-11-15(5-8-19(20)27)10-18(22(30)31)24-13(2)26/h3-8,11,17-18,27H,9-10H2,1-2H3,(H,23,25)(H,24,26)(H,28,29)(H,30,31). The van der Waals surface area contributed by atoms with Crippen LogP contribution < -0.4 is 15.4 Å². The molecule has 10 nitrogen and oxygen atoms in total. The van der Waals surface area contributed by atoms with Gasteiger partial charge in [-0.15, -0.1) is 0 Å². The van der Waals surface area contributed by atoms with Crippen molar-refractivity contribution in [3.63, 3.8) is 0 Å². The second-order valence-electron chi connectivity index (χ2n) is 7.14. The normalized spacial score (nSPS) is 12.3. The molecule has 2 rings (SSSR count). The summed E-state index contributed by atoms with van der Waals surface area (Å²) in [4.78, 5) is 45.0. The topological polar surface area (TPSA) is 162 Å². The molecule has 0 aromatic heterocycles. The molecular formula is C22H24N2O8. The molecule has 0 heterocycles. The van der Waals surface area contributed by atoms with Gasteiger partial charge in [-0.25, -0.2) is 9.59 Å². The van der Waals surface area contributed by atoms with Gasteiger partial charge in [0.25, 0.3) is 0 Å². The highest BCUT2D eigenvalue weighted by Gasteiger charge is 2.20. The Kier molecular flexibility index (Phi) is 8.17. The van der Waals surface area contributed by atoms with E-state index in [0.29, 0.717) is 16.9 Å². The Morgan fingerprint density at radius 2 is 1.28 bits per heavy atom. The molecular weight excluding hydrogens is 420 g/mol. The first-order valence-corrected chi connectivity index (χ1v) is 9.63. The second-order valence-corrected chi connectivity index (χ2v) is 7.14. The van der Waals surface area contributed by atoms with Crippen molar-refractivity contribution >= 4 is 23.8 Å². The van der Waals surface area contributed by atoms with E-state index in [0.717, 1.165) is 0 Å². The minimum atomic E-state index is -1.19. The quantitative estimate of drug-likeness (QED) is 0.368. The van der Waals surface area contributed by atoms with Gasteiger partial charge in [0, 0.05) is 26.7 Å². The summed E-state index contributed by atoms with van der Waals surface area (Å²) in [7, 11) is 0. The number of phenols is 1. The second kappa shape index (κ2) is 10.8. The zero-order valence-corrected chi connectivity index (χ0v) is 17.5. The summed E-state index contributed by atoms with van der Waals surface area (Å²) in [5.74, 6) is -2.99. The average Bonchev–Trinajstić information content (AvgIpc) is 2.70. The van der Waals surface area contributed by atoms with E-state index in [1.165, 1.54) is 32.0 Å². The third kappa shape index (κ3) is 7.31. The molecule has 170 valence electrons. The Balaban J connectivity index is 2.12. The van der Waals surface area contributed by atoms with Crippen LogP contribution in [0.1, 0.15) is 25.0 Å². The Morgan fingerprint density at radius 1 is 0.812 bits per heavy atom. The van der Waals surface area contributed by atoms with Gasteiger partial charge < -0.3 is 30.7 Å². The van der Waals surface area contributed by atoms with E-state index in [2.05, 4.69) is 10.6 Å². The maximum Gasteiger partial charge on any atom is 0.326 e. The van der Waals surface area contributed by atoms with Crippen molar-refractivity contribution in [2.45, 2.75) is 38.8 Å². The number of benzene rings is 2. The highest BCUT2D eigenvalue weighted by Crippen LogP contribution is 2.32. The van der Waals surface area contributed by atoms with E-state index >= 15 is 0 Å². The lowest BCUT2D eigenvalue weighted by Crippen LogP contribution is -2.41. The first-order valence-electron chi connectivity index (χ1n) is 9.63. The number of hydrogen-bond acceptors (Lipinski definition) is 6. The molecule has 0 aliphatic carbocycles. The summed E-state index contributed by atoms with van der Waals surface area (Å²) in [6.45, 7) is 2.46. The van der Waals surface area contributed by atoms with Crippen molar-refractivity contribution in [2.75, 3.05) is 0 Å². The van der Waals surface area contributed by atoms with Crippen molar-refractivity contribution in [1.29, 1.82) is 0 Å². The molecule has 2 aromatic carbocycles. The van der Waals surface area contributed by atoms with Crippen LogP contribution in [0.2, 0.25) is 0 Å². The van der Waals surface area contributed by atoms with Gasteiger partial charge in [0.1, 0.15) is 17.8 Å². The van der Waals surface area contributed by atoms with Crippen molar-refractivity contribution in [1.82, 2.24) is 10.6 Å². The molecule has 0 bridgehead atoms. The number of amides is 2. The van der Waals surface area contributed by atoms with Crippen LogP contribution in [0, 0.1) is 0 Å². The van der Waals surface area contributed by atoms with E-state index in [9.17, 15) is 34.5 Å². The van der Waals surface area contributed by atoms with Crippen molar-refractivity contribution in [2.24, 2.45) is 0 Å². The maximum atomic E-state index is 11.3. The van der Waals surface area contributed by atoms with Crippen LogP contribution in [0.3, 0.4) is 0 Å². The Labute approximate surface area is 183 Å². The molecule has 2 unspecified atom stereocenters. The van der Waals surface area contributed by atoms with E-state index in [4.69, 9.17) is 4.74 Å². The number of ether oxygens (including phenoxy) is 1. The lowest BCUT2D eigenvalue weighted by Gasteiger charge is -2.15. The average molecular weight is 444 g/mol. The van der Waals surface area contributed by atoms with Gasteiger partial charge in [0.2, 0.25) is 11.8 Å². The Bertz CT molecular complexity index is 1000. The predicted molar refractivity (Wildman–Crippen MR) is 113 cm³/mol. The van der Waals surface area contributed by atoms with Gasteiger partial charge in [-0.1, -0.05) is 18.2 Å². The SMILES string of the molecule is CC(=O)NC(Cc1ccc(Oc2cc(CC(NC(C)=O)C(=O)O)ccc2O)cc1)C(=O)O. The molecule has 2 atom stereocenters. The fraction of sp³-hybridized carbons (Fsp3) is 0.273. The number of hydrogen-bond donors (Lipinski definition) is 5. The minimum Gasteiger partial charge on any atom is -0.504 e. The molecule has 32 heavy (non-hydrogen) atoms. The summed E-state index contributed by atoms with van der Waals surface area (Å²) in [6, 6.07) is 8.57. The Morgan fingerprint density at radius 3 is 1.75 bits per heavy atom. The lowest BCUT2D eigenvalue weighted by molar-refractivity contribution is -0.141.